The number of hydrogen-bond donors (Lipinski definition) is 0. The third-order valence-electron chi connectivity index (χ3n) is 11.0. The zero-order valence-corrected chi connectivity index (χ0v) is 30.6. The first-order valence-electron chi connectivity index (χ1n) is 19.6. The second-order valence-corrected chi connectivity index (χ2v) is 20.2. The Morgan fingerprint density at radius 3 is 2.02 bits per heavy atom. The van der Waals surface area contributed by atoms with Gasteiger partial charge in [0.2, 0.25) is 0 Å². The minimum Gasteiger partial charge on any atom is -0.457 e. The Kier molecular flexibility index (Phi) is 5.60. The summed E-state index contributed by atoms with van der Waals surface area (Å²) in [4.78, 5) is 8.70. The Labute approximate surface area is 311 Å². The highest BCUT2D eigenvalue weighted by atomic mass is 28.3. The topological polar surface area (TPSA) is 37.4 Å². The molecule has 0 spiro atoms. The average molecular weight is 707 g/mol. The van der Waals surface area contributed by atoms with E-state index >= 15 is 0 Å². The van der Waals surface area contributed by atoms with Crippen molar-refractivity contribution in [1.29, 1.82) is 0 Å². The molecule has 0 aliphatic carbocycles. The predicted molar refractivity (Wildman–Crippen MR) is 225 cm³/mol. The number of para-hydroxylation sites is 5. The van der Waals surface area contributed by atoms with Gasteiger partial charge in [0.25, 0.3) is 0 Å². The van der Waals surface area contributed by atoms with Crippen molar-refractivity contribution in [2.45, 2.75) is 19.6 Å². The van der Waals surface area contributed by atoms with Crippen molar-refractivity contribution in [3.05, 3.63) is 140 Å². The van der Waals surface area contributed by atoms with Gasteiger partial charge in [-0.25, -0.2) is 4.98 Å². The highest BCUT2D eigenvalue weighted by Gasteiger charge is 2.27. The van der Waals surface area contributed by atoms with E-state index in [-0.39, 0.29) is 6.67 Å². The van der Waals surface area contributed by atoms with Gasteiger partial charge in [-0.05, 0) is 54.6 Å². The lowest BCUT2D eigenvalue weighted by Crippen LogP contribution is -2.38. The minimum absolute atomic E-state index is 0.220. The Balaban J connectivity index is 1.15. The molecule has 5 heterocycles. The summed E-state index contributed by atoms with van der Waals surface area (Å²) >= 11 is 0. The molecule has 0 N–H and O–H groups in total. The summed E-state index contributed by atoms with van der Waals surface area (Å²) in [5.74, 6) is 1.42. The maximum atomic E-state index is 8.27. The van der Waals surface area contributed by atoms with E-state index in [4.69, 9.17) is 13.8 Å². The molecule has 53 heavy (non-hydrogen) atoms. The lowest BCUT2D eigenvalue weighted by Gasteiger charge is -2.25. The molecule has 0 radical (unpaired) electrons. The molecule has 0 amide bonds. The highest BCUT2D eigenvalue weighted by molar-refractivity contribution is 6.88. The third kappa shape index (κ3) is 4.34. The van der Waals surface area contributed by atoms with Crippen LogP contribution in [0.25, 0.3) is 65.5 Å². The molecular weight excluding hydrogens is 667 g/mol. The van der Waals surface area contributed by atoms with Crippen LogP contribution in [0.4, 0.5) is 17.1 Å². The molecule has 4 aromatic heterocycles. The second kappa shape index (κ2) is 10.9. The molecule has 7 heteroatoms. The van der Waals surface area contributed by atoms with Crippen LogP contribution in [0.3, 0.4) is 0 Å². The molecule has 0 saturated heterocycles. The van der Waals surface area contributed by atoms with E-state index in [1.54, 1.807) is 0 Å². The standard InChI is InChI=1S/C46H37N5OSi/c1-48-28-49(41-19-8-7-18-40(41)48)29-24-31(26-32(25-29)53(2,3)4)52-30-21-22-34-36-14-10-16-38-37-15-9-13-35-33-12-5-6-17-39(33)50(44(35)37)42-20-11-23-47-46(42)51(45(36)38)43(34)27-30/h5-27H,28H2,1-4H3/i1D3. The van der Waals surface area contributed by atoms with Crippen LogP contribution in [-0.2, 0) is 0 Å². The lowest BCUT2D eigenvalue weighted by atomic mass is 10.0. The number of pyridine rings is 1. The molecule has 0 fully saturated rings. The molecule has 256 valence electrons. The van der Waals surface area contributed by atoms with Gasteiger partial charge >= 0.3 is 0 Å². The summed E-state index contributed by atoms with van der Waals surface area (Å²) in [6, 6.07) is 46.5. The minimum atomic E-state index is -2.27. The molecule has 10 aromatic rings. The number of benzene rings is 6. The molecule has 6 nitrogen and oxygen atoms in total. The molecule has 0 atom stereocenters. The largest absolute Gasteiger partial charge is 0.457 e. The number of rotatable bonds is 4. The molecule has 0 bridgehead atoms. The van der Waals surface area contributed by atoms with Crippen molar-refractivity contribution >= 4 is 95.9 Å². The zero-order chi connectivity index (χ0) is 38.1. The van der Waals surface area contributed by atoms with E-state index in [1.165, 1.54) is 31.8 Å². The van der Waals surface area contributed by atoms with Gasteiger partial charge in [-0.15, -0.1) is 0 Å². The van der Waals surface area contributed by atoms with E-state index in [9.17, 15) is 0 Å². The number of ether oxygens (including phenoxy) is 1. The normalized spacial score (nSPS) is 14.6. The SMILES string of the molecule is [2H]C([2H])([2H])N1CN(c2cc(Oc3ccc4c5cccc6c7cccc8c9ccccc9n(c9cccnc9n(c4c3)c56)c87)cc([Si](C)(C)C)c2)c2ccccc21. The first kappa shape index (κ1) is 27.4. The maximum absolute atomic E-state index is 8.27. The molecule has 11 rings (SSSR count). The fourth-order valence-corrected chi connectivity index (χ4v) is 9.73. The van der Waals surface area contributed by atoms with Gasteiger partial charge in [0.05, 0.1) is 53.7 Å². The predicted octanol–water partition coefficient (Wildman–Crippen LogP) is 11.2. The summed E-state index contributed by atoms with van der Waals surface area (Å²) < 4.78 is 36.4. The van der Waals surface area contributed by atoms with Gasteiger partial charge in [0, 0.05) is 67.4 Å². The first-order chi connectivity index (χ1) is 27.0. The van der Waals surface area contributed by atoms with E-state index in [0.29, 0.717) is 17.2 Å². The van der Waals surface area contributed by atoms with E-state index in [1.807, 2.05) is 42.6 Å². The number of aromatic nitrogens is 3. The number of fused-ring (bicyclic) bond motifs is 11. The Morgan fingerprint density at radius 1 is 0.585 bits per heavy atom. The van der Waals surface area contributed by atoms with Crippen LogP contribution in [0.1, 0.15) is 4.11 Å². The van der Waals surface area contributed by atoms with E-state index < -0.39 is 15.0 Å². The van der Waals surface area contributed by atoms with Crippen LogP contribution < -0.4 is 19.7 Å². The zero-order valence-electron chi connectivity index (χ0n) is 32.6. The van der Waals surface area contributed by atoms with Crippen molar-refractivity contribution in [3.8, 4) is 11.5 Å². The molecule has 6 aromatic carbocycles. The molecule has 0 unspecified atom stereocenters. The van der Waals surface area contributed by atoms with Gasteiger partial charge in [-0.3, -0.25) is 4.40 Å². The third-order valence-corrected chi connectivity index (χ3v) is 13.0. The van der Waals surface area contributed by atoms with Crippen LogP contribution in [0, 0.1) is 0 Å². The van der Waals surface area contributed by atoms with Gasteiger partial charge < -0.3 is 18.9 Å². The quantitative estimate of drug-likeness (QED) is 0.171. The van der Waals surface area contributed by atoms with Crippen LogP contribution in [0.2, 0.25) is 19.6 Å². The van der Waals surface area contributed by atoms with Crippen molar-refractivity contribution in [2.75, 3.05) is 23.4 Å². The lowest BCUT2D eigenvalue weighted by molar-refractivity contribution is 0.484. The molecule has 0 saturated carbocycles. The monoisotopic (exact) mass is 706 g/mol. The second-order valence-electron chi connectivity index (χ2n) is 15.2. The molecule has 1 aliphatic rings. The Hall–Kier alpha value is -6.31. The van der Waals surface area contributed by atoms with Crippen LogP contribution in [0.5, 0.6) is 11.5 Å². The molecule has 1 aliphatic heterocycles. The number of anilines is 3. The smallest absolute Gasteiger partial charge is 0.162 e. The fourth-order valence-electron chi connectivity index (χ4n) is 8.57. The maximum Gasteiger partial charge on any atom is 0.162 e. The first-order valence-corrected chi connectivity index (χ1v) is 21.6. The molecular formula is C46H37N5OSi. The van der Waals surface area contributed by atoms with Crippen LogP contribution in [0.15, 0.2) is 140 Å². The fraction of sp³-hybridized carbons (Fsp3) is 0.109. The number of hydrogen-bond acceptors (Lipinski definition) is 4. The van der Waals surface area contributed by atoms with Crippen molar-refractivity contribution < 1.29 is 8.85 Å². The van der Waals surface area contributed by atoms with E-state index in [2.05, 4.69) is 130 Å². The van der Waals surface area contributed by atoms with Crippen LogP contribution >= 0.6 is 0 Å². The summed E-state index contributed by atoms with van der Waals surface area (Å²) in [7, 11) is -1.85. The van der Waals surface area contributed by atoms with Crippen molar-refractivity contribution in [3.63, 3.8) is 0 Å². The van der Waals surface area contributed by atoms with Gasteiger partial charge in [-0.1, -0.05) is 91.6 Å². The van der Waals surface area contributed by atoms with Gasteiger partial charge in [-0.2, -0.15) is 0 Å². The van der Waals surface area contributed by atoms with Crippen molar-refractivity contribution in [1.82, 2.24) is 13.8 Å². The highest BCUT2D eigenvalue weighted by Crippen LogP contribution is 2.43. The summed E-state index contributed by atoms with van der Waals surface area (Å²) in [5.41, 5.74) is 8.76. The average Bonchev–Trinajstić information content (AvgIpc) is 3.85. The van der Waals surface area contributed by atoms with E-state index in [0.717, 1.165) is 55.2 Å². The van der Waals surface area contributed by atoms with Crippen molar-refractivity contribution in [2.24, 2.45) is 0 Å². The van der Waals surface area contributed by atoms with Crippen LogP contribution in [-0.4, -0.2) is 35.5 Å². The summed E-state index contributed by atoms with van der Waals surface area (Å²) in [5, 5.41) is 8.24. The van der Waals surface area contributed by atoms with Gasteiger partial charge in [0.1, 0.15) is 11.5 Å². The Bertz CT molecular complexity index is 3270. The summed E-state index contributed by atoms with van der Waals surface area (Å²) in [6.45, 7) is 4.90. The van der Waals surface area contributed by atoms with Gasteiger partial charge in [0.15, 0.2) is 5.65 Å². The summed E-state index contributed by atoms with van der Waals surface area (Å²) in [6.07, 6.45) is 1.88. The number of nitrogens with zero attached hydrogens (tertiary/aromatic N) is 5. The Morgan fingerprint density at radius 2 is 1.25 bits per heavy atom.